The van der Waals surface area contributed by atoms with E-state index in [2.05, 4.69) is 10.00 Å². The van der Waals surface area contributed by atoms with Gasteiger partial charge in [-0.15, -0.1) is 0 Å². The fourth-order valence-electron chi connectivity index (χ4n) is 2.62. The second-order valence-corrected chi connectivity index (χ2v) is 5.40. The molecule has 0 bridgehead atoms. The topological polar surface area (TPSA) is 65.5 Å². The van der Waals surface area contributed by atoms with Crippen molar-refractivity contribution < 1.29 is 9.47 Å². The van der Waals surface area contributed by atoms with E-state index in [1.807, 2.05) is 36.0 Å². The maximum atomic E-state index is 5.99. The zero-order chi connectivity index (χ0) is 15.4. The summed E-state index contributed by atoms with van der Waals surface area (Å²) < 4.78 is 13.2. The van der Waals surface area contributed by atoms with E-state index in [4.69, 9.17) is 15.2 Å². The first-order valence-corrected chi connectivity index (χ1v) is 7.55. The van der Waals surface area contributed by atoms with Crippen LogP contribution < -0.4 is 10.5 Å². The largest absolute Gasteiger partial charge is 0.492 e. The van der Waals surface area contributed by atoms with Crippen molar-refractivity contribution in [3.05, 3.63) is 30.5 Å². The number of morpholine rings is 1. The molecule has 22 heavy (non-hydrogen) atoms. The Balaban J connectivity index is 1.69. The molecule has 2 aromatic rings. The monoisotopic (exact) mass is 302 g/mol. The molecular formula is C16H22N4O2. The summed E-state index contributed by atoms with van der Waals surface area (Å²) in [6, 6.07) is 7.69. The van der Waals surface area contributed by atoms with Crippen LogP contribution in [0.15, 0.2) is 30.5 Å². The SMILES string of the molecule is Cn1nccc1-c1cc(N)ccc1OCCN1CCOCC1. The van der Waals surface area contributed by atoms with E-state index in [0.717, 1.165) is 55.5 Å². The first-order chi connectivity index (χ1) is 10.7. The van der Waals surface area contributed by atoms with Crippen molar-refractivity contribution in [1.29, 1.82) is 0 Å². The van der Waals surface area contributed by atoms with Crippen LogP contribution in [-0.2, 0) is 11.8 Å². The van der Waals surface area contributed by atoms with Crippen LogP contribution in [0.1, 0.15) is 0 Å². The highest BCUT2D eigenvalue weighted by Gasteiger charge is 2.13. The fourth-order valence-corrected chi connectivity index (χ4v) is 2.62. The lowest BCUT2D eigenvalue weighted by atomic mass is 10.1. The summed E-state index contributed by atoms with van der Waals surface area (Å²) in [5, 5.41) is 4.22. The Labute approximate surface area is 130 Å². The molecule has 0 spiro atoms. The van der Waals surface area contributed by atoms with Crippen molar-refractivity contribution in [3.8, 4) is 17.0 Å². The molecule has 0 radical (unpaired) electrons. The lowest BCUT2D eigenvalue weighted by Gasteiger charge is -2.26. The van der Waals surface area contributed by atoms with Gasteiger partial charge < -0.3 is 15.2 Å². The minimum absolute atomic E-state index is 0.648. The van der Waals surface area contributed by atoms with Gasteiger partial charge >= 0.3 is 0 Å². The van der Waals surface area contributed by atoms with E-state index in [1.54, 1.807) is 6.20 Å². The van der Waals surface area contributed by atoms with Crippen molar-refractivity contribution in [1.82, 2.24) is 14.7 Å². The molecule has 0 saturated carbocycles. The molecule has 1 aliphatic rings. The van der Waals surface area contributed by atoms with E-state index in [9.17, 15) is 0 Å². The summed E-state index contributed by atoms with van der Waals surface area (Å²) in [5.41, 5.74) is 8.61. The van der Waals surface area contributed by atoms with E-state index in [0.29, 0.717) is 6.61 Å². The second kappa shape index (κ2) is 6.81. The van der Waals surface area contributed by atoms with Crippen LogP contribution in [0.5, 0.6) is 5.75 Å². The van der Waals surface area contributed by atoms with Gasteiger partial charge in [-0.3, -0.25) is 9.58 Å². The highest BCUT2D eigenvalue weighted by Crippen LogP contribution is 2.31. The lowest BCUT2D eigenvalue weighted by Crippen LogP contribution is -2.38. The standard InChI is InChI=1S/C16H22N4O2/c1-19-15(4-5-18-19)14-12-13(17)2-3-16(14)22-11-8-20-6-9-21-10-7-20/h2-5,12H,6-11,17H2,1H3. The molecule has 0 amide bonds. The molecule has 2 N–H and O–H groups in total. The molecule has 3 rings (SSSR count). The van der Waals surface area contributed by atoms with Crippen LogP contribution in [0.25, 0.3) is 11.3 Å². The first-order valence-electron chi connectivity index (χ1n) is 7.55. The number of rotatable bonds is 5. The smallest absolute Gasteiger partial charge is 0.128 e. The quantitative estimate of drug-likeness (QED) is 0.845. The highest BCUT2D eigenvalue weighted by molar-refractivity contribution is 5.71. The number of benzene rings is 1. The summed E-state index contributed by atoms with van der Waals surface area (Å²) in [6.07, 6.45) is 1.77. The second-order valence-electron chi connectivity index (χ2n) is 5.40. The third-order valence-electron chi connectivity index (χ3n) is 3.87. The van der Waals surface area contributed by atoms with Crippen molar-refractivity contribution in [2.24, 2.45) is 7.05 Å². The zero-order valence-corrected chi connectivity index (χ0v) is 12.9. The highest BCUT2D eigenvalue weighted by atomic mass is 16.5. The summed E-state index contributed by atoms with van der Waals surface area (Å²) in [4.78, 5) is 2.35. The van der Waals surface area contributed by atoms with E-state index in [1.165, 1.54) is 0 Å². The van der Waals surface area contributed by atoms with Gasteiger partial charge in [0.25, 0.3) is 0 Å². The molecule has 1 fully saturated rings. The molecule has 1 saturated heterocycles. The Morgan fingerprint density at radius 3 is 2.82 bits per heavy atom. The van der Waals surface area contributed by atoms with Gasteiger partial charge in [-0.1, -0.05) is 0 Å². The normalized spacial score (nSPS) is 15.9. The van der Waals surface area contributed by atoms with E-state index >= 15 is 0 Å². The van der Waals surface area contributed by atoms with Crippen LogP contribution in [0.2, 0.25) is 0 Å². The maximum absolute atomic E-state index is 5.99. The molecule has 2 heterocycles. The predicted octanol–water partition coefficient (Wildman–Crippen LogP) is 1.38. The number of hydrogen-bond acceptors (Lipinski definition) is 5. The van der Waals surface area contributed by atoms with Crippen LogP contribution in [0.3, 0.4) is 0 Å². The summed E-state index contributed by atoms with van der Waals surface area (Å²) in [7, 11) is 1.91. The van der Waals surface area contributed by atoms with Gasteiger partial charge in [0, 0.05) is 44.1 Å². The number of nitrogens with two attached hydrogens (primary N) is 1. The van der Waals surface area contributed by atoms with Gasteiger partial charge in [0.15, 0.2) is 0 Å². The molecule has 6 nitrogen and oxygen atoms in total. The van der Waals surface area contributed by atoms with Gasteiger partial charge in [0.2, 0.25) is 0 Å². The molecule has 1 aromatic carbocycles. The van der Waals surface area contributed by atoms with E-state index in [-0.39, 0.29) is 0 Å². The van der Waals surface area contributed by atoms with Crippen molar-refractivity contribution in [2.45, 2.75) is 0 Å². The Morgan fingerprint density at radius 2 is 2.09 bits per heavy atom. The minimum atomic E-state index is 0.648. The van der Waals surface area contributed by atoms with Crippen LogP contribution >= 0.6 is 0 Å². The number of nitrogens with zero attached hydrogens (tertiary/aromatic N) is 3. The molecule has 0 aliphatic carbocycles. The van der Waals surface area contributed by atoms with Crippen LogP contribution in [-0.4, -0.2) is 54.1 Å². The summed E-state index contributed by atoms with van der Waals surface area (Å²) in [6.45, 7) is 5.11. The van der Waals surface area contributed by atoms with Gasteiger partial charge in [0.1, 0.15) is 12.4 Å². The van der Waals surface area contributed by atoms with Crippen molar-refractivity contribution >= 4 is 5.69 Å². The first kappa shape index (κ1) is 14.9. The zero-order valence-electron chi connectivity index (χ0n) is 12.9. The molecular weight excluding hydrogens is 280 g/mol. The fraction of sp³-hybridized carbons (Fsp3) is 0.438. The average Bonchev–Trinajstić information content (AvgIpc) is 2.96. The number of ether oxygens (including phenoxy) is 2. The molecule has 1 aromatic heterocycles. The predicted molar refractivity (Wildman–Crippen MR) is 85.8 cm³/mol. The molecule has 6 heteroatoms. The van der Waals surface area contributed by atoms with Crippen LogP contribution in [0, 0.1) is 0 Å². The number of nitrogen functional groups attached to an aromatic ring is 1. The summed E-state index contributed by atoms with van der Waals surface area (Å²) in [5.74, 6) is 0.839. The number of aryl methyl sites for hydroxylation is 1. The van der Waals surface area contributed by atoms with E-state index < -0.39 is 0 Å². The van der Waals surface area contributed by atoms with Gasteiger partial charge in [-0.05, 0) is 24.3 Å². The van der Waals surface area contributed by atoms with Crippen LogP contribution in [0.4, 0.5) is 5.69 Å². The van der Waals surface area contributed by atoms with Crippen molar-refractivity contribution in [2.75, 3.05) is 45.2 Å². The Bertz CT molecular complexity index is 620. The van der Waals surface area contributed by atoms with Gasteiger partial charge in [-0.25, -0.2) is 0 Å². The maximum Gasteiger partial charge on any atom is 0.128 e. The van der Waals surface area contributed by atoms with Gasteiger partial charge in [0.05, 0.1) is 18.9 Å². The molecule has 1 aliphatic heterocycles. The minimum Gasteiger partial charge on any atom is -0.492 e. The number of anilines is 1. The van der Waals surface area contributed by atoms with Gasteiger partial charge in [-0.2, -0.15) is 5.10 Å². The third-order valence-corrected chi connectivity index (χ3v) is 3.87. The Morgan fingerprint density at radius 1 is 1.27 bits per heavy atom. The Hall–Kier alpha value is -2.05. The molecule has 118 valence electrons. The number of hydrogen-bond donors (Lipinski definition) is 1. The summed E-state index contributed by atoms with van der Waals surface area (Å²) >= 11 is 0. The molecule has 0 atom stereocenters. The Kier molecular flexibility index (Phi) is 4.60. The lowest BCUT2D eigenvalue weighted by molar-refractivity contribution is 0.0323. The number of aromatic nitrogens is 2. The van der Waals surface area contributed by atoms with Crippen molar-refractivity contribution in [3.63, 3.8) is 0 Å². The molecule has 0 unspecified atom stereocenters. The third kappa shape index (κ3) is 3.40. The average molecular weight is 302 g/mol.